The molecule has 9 heteroatoms. The second kappa shape index (κ2) is 27.0. The fourth-order valence-corrected chi connectivity index (χ4v) is 5.13. The van der Waals surface area contributed by atoms with E-state index in [-0.39, 0.29) is 13.2 Å². The van der Waals surface area contributed by atoms with Gasteiger partial charge in [-0.1, -0.05) is 123 Å². The Morgan fingerprint density at radius 3 is 1.47 bits per heavy atom. The van der Waals surface area contributed by atoms with E-state index >= 15 is 0 Å². The van der Waals surface area contributed by atoms with Crippen molar-refractivity contribution in [3.63, 3.8) is 0 Å². The van der Waals surface area contributed by atoms with Gasteiger partial charge in [-0.15, -0.1) is 0 Å². The number of unbranched alkanes of at least 4 members (excludes halogenated alkanes) is 17. The summed E-state index contributed by atoms with van der Waals surface area (Å²) in [7, 11) is -4.59. The van der Waals surface area contributed by atoms with Crippen LogP contribution in [0.25, 0.3) is 0 Å². The molecular formula is C29H60O8P+. The maximum atomic E-state index is 11.7. The number of ether oxygens (including phenoxy) is 3. The van der Waals surface area contributed by atoms with Gasteiger partial charge in [0.15, 0.2) is 0 Å². The molecule has 0 aliphatic heterocycles. The van der Waals surface area contributed by atoms with Gasteiger partial charge in [0, 0.05) is 13.2 Å². The Labute approximate surface area is 233 Å². The van der Waals surface area contributed by atoms with Crippen LogP contribution in [0.3, 0.4) is 0 Å². The molecule has 1 unspecified atom stereocenters. The number of ketones is 1. The maximum Gasteiger partial charge on any atom is 0.443 e. The van der Waals surface area contributed by atoms with Gasteiger partial charge in [0.05, 0.1) is 13.2 Å². The molecule has 8 nitrogen and oxygen atoms in total. The smallest absolute Gasteiger partial charge is 0.388 e. The summed E-state index contributed by atoms with van der Waals surface area (Å²) in [4.78, 5) is 40.1. The van der Waals surface area contributed by atoms with Crippen LogP contribution in [-0.2, 0) is 19.0 Å². The zero-order chi connectivity index (χ0) is 28.3. The zero-order valence-electron chi connectivity index (χ0n) is 24.5. The van der Waals surface area contributed by atoms with Crippen LogP contribution in [0, 0.1) is 0 Å². The molecule has 2 atom stereocenters. The quantitative estimate of drug-likeness (QED) is 0.0574. The van der Waals surface area contributed by atoms with E-state index in [1.54, 1.807) is 0 Å². The first-order chi connectivity index (χ1) is 18.4. The molecule has 0 aromatic rings. The first kappa shape index (κ1) is 37.8. The van der Waals surface area contributed by atoms with Crippen LogP contribution in [0.2, 0.25) is 0 Å². The molecule has 0 aromatic heterocycles. The molecule has 0 spiro atoms. The Bertz CT molecular complexity index is 515. The summed E-state index contributed by atoms with van der Waals surface area (Å²) in [5.41, 5.74) is 0. The van der Waals surface area contributed by atoms with Crippen LogP contribution >= 0.6 is 7.94 Å². The molecule has 0 bridgehead atoms. The van der Waals surface area contributed by atoms with E-state index in [0.29, 0.717) is 13.2 Å². The SMILES string of the molecule is CCCCCCCCCCCCCCCCCCOC[C@@H](COC(C(=O)CO)[P+](O)(O)O)OCCCCC. The molecule has 0 saturated carbocycles. The molecule has 0 amide bonds. The lowest BCUT2D eigenvalue weighted by Gasteiger charge is -2.21. The van der Waals surface area contributed by atoms with E-state index in [1.165, 1.54) is 89.9 Å². The van der Waals surface area contributed by atoms with Crippen molar-refractivity contribution in [1.82, 2.24) is 0 Å². The monoisotopic (exact) mass is 567 g/mol. The minimum Gasteiger partial charge on any atom is -0.388 e. The molecule has 0 aliphatic carbocycles. The van der Waals surface area contributed by atoms with Crippen LogP contribution in [-0.4, -0.2) is 70.6 Å². The van der Waals surface area contributed by atoms with E-state index in [9.17, 15) is 19.5 Å². The van der Waals surface area contributed by atoms with E-state index in [1.807, 2.05) is 0 Å². The predicted molar refractivity (Wildman–Crippen MR) is 155 cm³/mol. The summed E-state index contributed by atoms with van der Waals surface area (Å²) in [5.74, 6) is -2.85. The summed E-state index contributed by atoms with van der Waals surface area (Å²) >= 11 is 0. The number of aliphatic hydroxyl groups is 1. The third-order valence-electron chi connectivity index (χ3n) is 6.73. The highest BCUT2D eigenvalue weighted by Crippen LogP contribution is 2.51. The average Bonchev–Trinajstić information content (AvgIpc) is 2.89. The lowest BCUT2D eigenvalue weighted by Crippen LogP contribution is -2.35. The summed E-state index contributed by atoms with van der Waals surface area (Å²) in [6.07, 6.45) is 23.5. The highest BCUT2D eigenvalue weighted by atomic mass is 31.2. The Morgan fingerprint density at radius 2 is 1.03 bits per heavy atom. The van der Waals surface area contributed by atoms with Gasteiger partial charge in [-0.2, -0.15) is 14.7 Å². The van der Waals surface area contributed by atoms with E-state index in [4.69, 9.17) is 19.3 Å². The van der Waals surface area contributed by atoms with Crippen LogP contribution < -0.4 is 0 Å². The number of rotatable bonds is 30. The van der Waals surface area contributed by atoms with Gasteiger partial charge in [-0.25, -0.2) is 0 Å². The van der Waals surface area contributed by atoms with Crippen molar-refractivity contribution in [3.05, 3.63) is 0 Å². The molecule has 4 N–H and O–H groups in total. The normalized spacial score (nSPS) is 13.6. The maximum absolute atomic E-state index is 11.7. The zero-order valence-corrected chi connectivity index (χ0v) is 25.4. The van der Waals surface area contributed by atoms with Gasteiger partial charge in [-0.05, 0) is 12.8 Å². The second-order valence-electron chi connectivity index (χ2n) is 10.5. The van der Waals surface area contributed by atoms with Gasteiger partial charge >= 0.3 is 13.8 Å². The van der Waals surface area contributed by atoms with Crippen molar-refractivity contribution >= 4 is 13.7 Å². The second-order valence-corrected chi connectivity index (χ2v) is 12.2. The molecule has 0 saturated heterocycles. The van der Waals surface area contributed by atoms with Crippen molar-refractivity contribution in [1.29, 1.82) is 0 Å². The number of Topliss-reactive ketones (excluding diaryl/α,β-unsaturated/α-hetero) is 1. The van der Waals surface area contributed by atoms with Crippen molar-refractivity contribution in [2.24, 2.45) is 0 Å². The molecule has 228 valence electrons. The number of hydrogen-bond donors (Lipinski definition) is 4. The number of carbonyl (C=O) groups is 1. The molecular weight excluding hydrogens is 507 g/mol. The Hall–Kier alpha value is -0.180. The summed E-state index contributed by atoms with van der Waals surface area (Å²) < 4.78 is 16.8. The number of carbonyl (C=O) groups excluding carboxylic acids is 1. The molecule has 38 heavy (non-hydrogen) atoms. The fraction of sp³-hybridized carbons (Fsp3) is 0.966. The van der Waals surface area contributed by atoms with Crippen LogP contribution in [0.5, 0.6) is 0 Å². The van der Waals surface area contributed by atoms with Crippen molar-refractivity contribution in [2.45, 2.75) is 148 Å². The van der Waals surface area contributed by atoms with Gasteiger partial charge in [0.2, 0.25) is 5.78 Å². The average molecular weight is 568 g/mol. The third-order valence-corrected chi connectivity index (χ3v) is 7.80. The highest BCUT2D eigenvalue weighted by molar-refractivity contribution is 7.60. The summed E-state index contributed by atoms with van der Waals surface area (Å²) in [5, 5.41) is 9.01. The van der Waals surface area contributed by atoms with E-state index < -0.39 is 32.3 Å². The van der Waals surface area contributed by atoms with Crippen molar-refractivity contribution < 1.29 is 38.8 Å². The van der Waals surface area contributed by atoms with Gasteiger partial charge in [0.1, 0.15) is 12.7 Å². The minimum atomic E-state index is -4.59. The van der Waals surface area contributed by atoms with Crippen molar-refractivity contribution in [3.8, 4) is 0 Å². The molecule has 0 aromatic carbocycles. The first-order valence-corrected chi connectivity index (χ1v) is 17.1. The lowest BCUT2D eigenvalue weighted by atomic mass is 10.0. The fourth-order valence-electron chi connectivity index (χ4n) is 4.38. The Kier molecular flexibility index (Phi) is 26.9. The van der Waals surface area contributed by atoms with Crippen LogP contribution in [0.1, 0.15) is 136 Å². The van der Waals surface area contributed by atoms with Crippen LogP contribution in [0.4, 0.5) is 0 Å². The van der Waals surface area contributed by atoms with Crippen LogP contribution in [0.15, 0.2) is 0 Å². The summed E-state index contributed by atoms with van der Waals surface area (Å²) in [6, 6.07) is 0. The largest absolute Gasteiger partial charge is 0.443 e. The highest BCUT2D eigenvalue weighted by Gasteiger charge is 2.49. The van der Waals surface area contributed by atoms with Gasteiger partial charge < -0.3 is 19.3 Å². The van der Waals surface area contributed by atoms with Gasteiger partial charge in [0.25, 0.3) is 0 Å². The molecule has 0 aliphatic rings. The number of aliphatic hydroxyl groups excluding tert-OH is 1. The molecule has 0 radical (unpaired) electrons. The Balaban J connectivity index is 3.88. The van der Waals surface area contributed by atoms with E-state index in [0.717, 1.165) is 32.1 Å². The first-order valence-electron chi connectivity index (χ1n) is 15.4. The summed E-state index contributed by atoms with van der Waals surface area (Å²) in [6.45, 7) is 4.61. The molecule has 0 fully saturated rings. The minimum absolute atomic E-state index is 0.148. The van der Waals surface area contributed by atoms with Crippen molar-refractivity contribution in [2.75, 3.05) is 33.0 Å². The third kappa shape index (κ3) is 23.7. The predicted octanol–water partition coefficient (Wildman–Crippen LogP) is 6.48. The standard InChI is InChI=1S/C29H60O8P/c1-3-5-7-8-9-10-11-12-13-14-15-16-17-18-19-21-22-35-25-27(36-23-20-6-4-2)26-37-29(28(31)24-30)38(32,33)34/h27,29-30,32-34H,3-26H2,1-2H3/q+1/t27-,29?/m0/s1. The van der Waals surface area contributed by atoms with Gasteiger partial charge in [-0.3, -0.25) is 4.79 Å². The lowest BCUT2D eigenvalue weighted by molar-refractivity contribution is -0.133. The van der Waals surface area contributed by atoms with E-state index in [2.05, 4.69) is 13.8 Å². The number of hydrogen-bond acceptors (Lipinski definition) is 8. The topological polar surface area (TPSA) is 126 Å². The molecule has 0 rings (SSSR count). The Morgan fingerprint density at radius 1 is 0.605 bits per heavy atom. The molecule has 0 heterocycles.